The van der Waals surface area contributed by atoms with Crippen LogP contribution in [-0.4, -0.2) is 50.3 Å². The number of likely N-dealkylation sites (N-methyl/N-ethyl adjacent to an activating group) is 1. The van der Waals surface area contributed by atoms with Crippen LogP contribution in [0, 0.1) is 0 Å². The van der Waals surface area contributed by atoms with Crippen molar-refractivity contribution < 1.29 is 32.2 Å². The zero-order valence-electron chi connectivity index (χ0n) is 27.9. The summed E-state index contributed by atoms with van der Waals surface area (Å²) in [6.45, 7) is 1.40. The van der Waals surface area contributed by atoms with Crippen molar-refractivity contribution in [3.05, 3.63) is 138 Å². The first-order chi connectivity index (χ1) is 24.2. The largest absolute Gasteiger partial charge is 0.699 e. The van der Waals surface area contributed by atoms with Gasteiger partial charge < -0.3 is 47.9 Å². The predicted molar refractivity (Wildman–Crippen MR) is 196 cm³/mol. The van der Waals surface area contributed by atoms with Crippen molar-refractivity contribution in [2.75, 3.05) is 55.1 Å². The smallest absolute Gasteiger partial charge is 0.573 e. The topological polar surface area (TPSA) is 182 Å². The summed E-state index contributed by atoms with van der Waals surface area (Å²) in [5.41, 5.74) is 27.7. The molecule has 9 N–H and O–H groups in total. The molecule has 5 rings (SSSR count). The van der Waals surface area contributed by atoms with Gasteiger partial charge in [-0.2, -0.15) is 0 Å². The molecule has 0 bridgehead atoms. The monoisotopic (exact) mass is 702 g/mol. The van der Waals surface area contributed by atoms with E-state index in [0.717, 1.165) is 18.7 Å². The summed E-state index contributed by atoms with van der Waals surface area (Å²) in [4.78, 5) is 26.2. The van der Waals surface area contributed by atoms with Gasteiger partial charge in [-0.1, -0.05) is 24.3 Å². The molecule has 0 aliphatic heterocycles. The zero-order valence-corrected chi connectivity index (χ0v) is 27.9. The summed E-state index contributed by atoms with van der Waals surface area (Å²) in [5, 5.41) is 5.37. The van der Waals surface area contributed by atoms with Crippen molar-refractivity contribution in [3.8, 4) is 11.5 Å². The molecule has 0 saturated heterocycles. The Morgan fingerprint density at radius 3 is 1.49 bits per heavy atom. The molecule has 0 aliphatic carbocycles. The third-order valence-electron chi connectivity index (χ3n) is 6.48. The first kappa shape index (κ1) is 39.0. The van der Waals surface area contributed by atoms with Crippen LogP contribution in [0.2, 0.25) is 0 Å². The minimum atomic E-state index is -4.80. The molecule has 11 nitrogen and oxygen atoms in total. The van der Waals surface area contributed by atoms with Crippen LogP contribution >= 0.6 is 0 Å². The Kier molecular flexibility index (Phi) is 14.5. The molecule has 2 amide bonds. The minimum Gasteiger partial charge on any atom is -0.699 e. The third-order valence-corrected chi connectivity index (χ3v) is 6.48. The number of nitrogens with one attached hydrogen (secondary N) is 3. The third kappa shape index (κ3) is 15.1. The highest BCUT2D eigenvalue weighted by atomic mass is 19.4. The number of alkyl halides is 3. The molecule has 0 aliphatic rings. The minimum absolute atomic E-state index is 0.0496. The zero-order chi connectivity index (χ0) is 37.4. The fourth-order valence-electron chi connectivity index (χ4n) is 3.93. The van der Waals surface area contributed by atoms with E-state index in [-0.39, 0.29) is 11.5 Å². The van der Waals surface area contributed by atoms with E-state index in [1.807, 2.05) is 31.1 Å². The van der Waals surface area contributed by atoms with Crippen molar-refractivity contribution in [2.24, 2.45) is 0 Å². The number of carbonyl (C=O) groups excluding carboxylic acids is 2. The predicted octanol–water partition coefficient (Wildman–Crippen LogP) is 7.83. The van der Waals surface area contributed by atoms with E-state index in [4.69, 9.17) is 27.7 Å². The molecule has 5 aromatic carbocycles. The fraction of sp³-hybridized carbons (Fsp3) is 0.135. The van der Waals surface area contributed by atoms with Crippen LogP contribution in [0.25, 0.3) is 5.73 Å². The van der Waals surface area contributed by atoms with Gasteiger partial charge in [0, 0.05) is 46.1 Å². The number of rotatable bonds is 9. The van der Waals surface area contributed by atoms with Crippen LogP contribution in [0.3, 0.4) is 0 Å². The maximum absolute atomic E-state index is 12.2. The van der Waals surface area contributed by atoms with Crippen molar-refractivity contribution in [2.45, 2.75) is 6.36 Å². The summed E-state index contributed by atoms with van der Waals surface area (Å²) in [5.74, 6) is -0.491. The average molecular weight is 703 g/mol. The number of anilines is 5. The highest BCUT2D eigenvalue weighted by Gasteiger charge is 2.31. The second kappa shape index (κ2) is 19.0. The lowest BCUT2D eigenvalue weighted by Crippen LogP contribution is -2.19. The van der Waals surface area contributed by atoms with Gasteiger partial charge in [0.05, 0.1) is 0 Å². The maximum Gasteiger partial charge on any atom is 0.573 e. The molecule has 0 heterocycles. The lowest BCUT2D eigenvalue weighted by molar-refractivity contribution is -0.274. The van der Waals surface area contributed by atoms with E-state index in [0.29, 0.717) is 52.0 Å². The number of amides is 2. The number of nitrogens with zero attached hydrogens (tertiary/aromatic N) is 1. The van der Waals surface area contributed by atoms with Gasteiger partial charge >= 0.3 is 6.36 Å². The van der Waals surface area contributed by atoms with E-state index >= 15 is 0 Å². The van der Waals surface area contributed by atoms with Crippen LogP contribution in [0.15, 0.2) is 121 Å². The van der Waals surface area contributed by atoms with Gasteiger partial charge in [-0.3, -0.25) is 9.59 Å². The first-order valence-corrected chi connectivity index (χ1v) is 15.3. The summed E-state index contributed by atoms with van der Waals surface area (Å²) in [7, 11) is 3.97. The molecular formula is C37H39F3N7O4-. The van der Waals surface area contributed by atoms with Crippen LogP contribution in [0.5, 0.6) is 11.5 Å². The molecule has 5 aromatic rings. The quantitative estimate of drug-likeness (QED) is 0.0963. The number of hydrogen-bond donors (Lipinski definition) is 5. The van der Waals surface area contributed by atoms with Crippen LogP contribution in [0.4, 0.5) is 47.3 Å². The van der Waals surface area contributed by atoms with Crippen LogP contribution < -0.4 is 37.3 Å². The van der Waals surface area contributed by atoms with Crippen molar-refractivity contribution in [1.82, 2.24) is 4.90 Å². The second-order valence-corrected chi connectivity index (χ2v) is 11.0. The normalized spacial score (nSPS) is 10.5. The number of benzene rings is 5. The van der Waals surface area contributed by atoms with Crippen LogP contribution in [-0.2, 0) is 0 Å². The second-order valence-electron chi connectivity index (χ2n) is 11.0. The van der Waals surface area contributed by atoms with Crippen LogP contribution in [0.1, 0.15) is 20.7 Å². The van der Waals surface area contributed by atoms with Crippen molar-refractivity contribution >= 4 is 45.9 Å². The highest BCUT2D eigenvalue weighted by molar-refractivity contribution is 6.05. The highest BCUT2D eigenvalue weighted by Crippen LogP contribution is 2.24. The van der Waals surface area contributed by atoms with Gasteiger partial charge in [0.25, 0.3) is 11.8 Å². The molecule has 14 heteroatoms. The van der Waals surface area contributed by atoms with E-state index in [9.17, 15) is 22.8 Å². The number of carbonyl (C=O) groups is 2. The summed E-state index contributed by atoms with van der Waals surface area (Å²) >= 11 is 0. The molecular weight excluding hydrogens is 663 g/mol. The Hall–Kier alpha value is -6.41. The van der Waals surface area contributed by atoms with Gasteiger partial charge in [0.15, 0.2) is 0 Å². The van der Waals surface area contributed by atoms with E-state index in [2.05, 4.69) is 15.4 Å². The summed E-state index contributed by atoms with van der Waals surface area (Å²) < 4.78 is 45.8. The Balaban J connectivity index is 0.000000227. The average Bonchev–Trinajstić information content (AvgIpc) is 3.08. The molecule has 0 fully saturated rings. The Morgan fingerprint density at radius 2 is 1.08 bits per heavy atom. The molecule has 0 saturated carbocycles. The number of ether oxygens (including phenoxy) is 2. The molecule has 0 aromatic heterocycles. The van der Waals surface area contributed by atoms with Gasteiger partial charge in [-0.25, -0.2) is 0 Å². The van der Waals surface area contributed by atoms with Crippen molar-refractivity contribution in [3.63, 3.8) is 0 Å². The van der Waals surface area contributed by atoms with E-state index in [1.54, 1.807) is 84.9 Å². The van der Waals surface area contributed by atoms with E-state index < -0.39 is 18.0 Å². The maximum atomic E-state index is 12.2. The van der Waals surface area contributed by atoms with Gasteiger partial charge in [-0.05, 0) is 111 Å². The summed E-state index contributed by atoms with van der Waals surface area (Å²) in [6, 6.07) is 32.1. The molecule has 0 atom stereocenters. The Labute approximate surface area is 293 Å². The molecule has 268 valence electrons. The number of halogens is 3. The SMILES string of the molecule is CN(C)CCOc1cccc(C(=O)Nc2ccc(N)cc2)c1.Nc1ccc(NC(=O)c2cccc(OC(F)(F)F)c2)cc1.[NH-]c1ccc(N)cc1. The molecule has 0 unspecified atom stereocenters. The lowest BCUT2D eigenvalue weighted by Gasteiger charge is -2.12. The van der Waals surface area contributed by atoms with Gasteiger partial charge in [-0.15, -0.1) is 18.9 Å². The lowest BCUT2D eigenvalue weighted by atomic mass is 10.2. The van der Waals surface area contributed by atoms with E-state index in [1.165, 1.54) is 12.1 Å². The number of nitrogens with two attached hydrogens (primary N) is 3. The van der Waals surface area contributed by atoms with Gasteiger partial charge in [0.1, 0.15) is 18.1 Å². The number of nitrogen functional groups attached to an aromatic ring is 3. The Morgan fingerprint density at radius 1 is 0.667 bits per heavy atom. The Bertz CT molecular complexity index is 1810. The number of hydrogen-bond acceptors (Lipinski definition) is 8. The standard InChI is InChI=1S/C17H21N3O2.C14H11F3N2O2.C6H7N2/c1-20(2)10-11-22-16-5-3-4-13(12-16)17(21)19-15-8-6-14(18)7-9-15;15-14(16,17)21-12-3-1-2-9(8-12)13(20)19-11-6-4-10(18)5-7-11;7-5-1-2-6(8)4-3-5/h3-9,12H,10-11,18H2,1-2H3,(H,19,21);1-8H,18H2,(H,19,20);1-4,7H,8H2/q;;-1. The van der Waals surface area contributed by atoms with Crippen molar-refractivity contribution in [1.29, 1.82) is 0 Å². The molecule has 0 radical (unpaired) electrons. The molecule has 0 spiro atoms. The molecule has 51 heavy (non-hydrogen) atoms. The van der Waals surface area contributed by atoms with Gasteiger partial charge in [0.2, 0.25) is 0 Å². The summed E-state index contributed by atoms with van der Waals surface area (Å²) in [6.07, 6.45) is -4.80. The first-order valence-electron chi connectivity index (χ1n) is 15.3. The fourth-order valence-corrected chi connectivity index (χ4v) is 3.93.